The molecule has 7 heteroatoms. The molecule has 0 N–H and O–H groups in total. The summed E-state index contributed by atoms with van der Waals surface area (Å²) >= 11 is 0. The van der Waals surface area contributed by atoms with E-state index in [0.29, 0.717) is 0 Å². The standard InChI is InChI=1S/2C6H5NO2.3C3H7.Sb/c2*8-6(9)5-3-1-2-4-7-5;3*1-3-2;/h2*1-4H,(H,8,9);3*3H,1-2H3;/p-2. The van der Waals surface area contributed by atoms with E-state index >= 15 is 0 Å². The molecular weight excluding hydrogens is 466 g/mol. The van der Waals surface area contributed by atoms with E-state index in [2.05, 4.69) is 9.97 Å². The number of carboxylic acid groups (broad SMARTS) is 2. The minimum atomic E-state index is -1.24. The van der Waals surface area contributed by atoms with Crippen molar-refractivity contribution < 1.29 is 19.8 Å². The van der Waals surface area contributed by atoms with E-state index in [-0.39, 0.29) is 35.8 Å². The summed E-state index contributed by atoms with van der Waals surface area (Å²) in [5, 5.41) is 20.1. The fourth-order valence-electron chi connectivity index (χ4n) is 0.967. The molecule has 0 atom stereocenters. The fraction of sp³-hybridized carbons (Fsp3) is 0.286. The Bertz CT molecular complexity index is 513. The van der Waals surface area contributed by atoms with E-state index in [4.69, 9.17) is 0 Å². The summed E-state index contributed by atoms with van der Waals surface area (Å²) in [5.74, 6) is -2.48. The predicted molar refractivity (Wildman–Crippen MR) is 110 cm³/mol. The van der Waals surface area contributed by atoms with Crippen LogP contribution in [0.1, 0.15) is 62.5 Å². The molecule has 2 aromatic rings. The van der Waals surface area contributed by atoms with Crippen molar-refractivity contribution >= 4 is 36.4 Å². The van der Waals surface area contributed by atoms with Crippen LogP contribution in [0.3, 0.4) is 0 Å². The van der Waals surface area contributed by atoms with Crippen LogP contribution < -0.4 is 10.2 Å². The summed E-state index contributed by atoms with van der Waals surface area (Å²) in [6, 6.07) is 9.25. The van der Waals surface area contributed by atoms with Gasteiger partial charge in [-0.2, -0.15) is 0 Å². The Kier molecular flexibility index (Phi) is 32.8. The van der Waals surface area contributed by atoms with Crippen molar-refractivity contribution in [2.75, 3.05) is 0 Å². The average molecular weight is 495 g/mol. The summed E-state index contributed by atoms with van der Waals surface area (Å²) in [6.07, 6.45) is 8.82. The average Bonchev–Trinajstić information content (AvgIpc) is 2.66. The van der Waals surface area contributed by atoms with Crippen LogP contribution in [0.5, 0.6) is 0 Å². The maximum atomic E-state index is 10.0. The van der Waals surface area contributed by atoms with Gasteiger partial charge >= 0.3 is 0 Å². The van der Waals surface area contributed by atoms with E-state index < -0.39 is 11.9 Å². The van der Waals surface area contributed by atoms with Crippen LogP contribution in [-0.2, 0) is 0 Å². The first-order valence-corrected chi connectivity index (χ1v) is 8.32. The van der Waals surface area contributed by atoms with E-state index in [1.165, 1.54) is 24.5 Å². The molecule has 6 radical (unpaired) electrons. The summed E-state index contributed by atoms with van der Waals surface area (Å²) < 4.78 is 0. The van der Waals surface area contributed by atoms with Crippen LogP contribution in [-0.4, -0.2) is 46.3 Å². The number of pyridine rings is 2. The van der Waals surface area contributed by atoms with E-state index in [1.54, 1.807) is 24.3 Å². The summed E-state index contributed by atoms with van der Waals surface area (Å²) in [6.45, 7) is 12.0. The van der Waals surface area contributed by atoms with Crippen LogP contribution in [0, 0.1) is 19.3 Å². The molecule has 0 saturated carbocycles. The zero-order chi connectivity index (χ0) is 21.5. The van der Waals surface area contributed by atoms with Crippen LogP contribution in [0.15, 0.2) is 48.8 Å². The van der Waals surface area contributed by atoms with E-state index in [1.807, 2.05) is 60.8 Å². The summed E-state index contributed by atoms with van der Waals surface area (Å²) in [7, 11) is 0. The number of aromatic carboxylic acids is 2. The third-order valence-electron chi connectivity index (χ3n) is 1.75. The molecule has 154 valence electrons. The van der Waals surface area contributed by atoms with Gasteiger partial charge in [0.1, 0.15) is 0 Å². The number of carbonyl (C=O) groups excluding carboxylic acids is 2. The molecule has 2 aromatic heterocycles. The molecule has 28 heavy (non-hydrogen) atoms. The normalized spacial score (nSPS) is 7.64. The Balaban J connectivity index is -0.000000142. The van der Waals surface area contributed by atoms with Crippen LogP contribution in [0.4, 0.5) is 0 Å². The summed E-state index contributed by atoms with van der Waals surface area (Å²) in [5.41, 5.74) is -0.0602. The third kappa shape index (κ3) is 26.3. The van der Waals surface area contributed by atoms with E-state index in [0.717, 1.165) is 0 Å². The van der Waals surface area contributed by atoms with Crippen LogP contribution in [0.25, 0.3) is 0 Å². The van der Waals surface area contributed by atoms with Gasteiger partial charge in [0.2, 0.25) is 0 Å². The monoisotopic (exact) mass is 494 g/mol. The smallest absolute Gasteiger partial charge is 0.0899 e. The minimum Gasteiger partial charge on any atom is -0.543 e. The topological polar surface area (TPSA) is 106 Å². The Morgan fingerprint density at radius 1 is 0.679 bits per heavy atom. The van der Waals surface area contributed by atoms with Crippen LogP contribution >= 0.6 is 0 Å². The van der Waals surface area contributed by atoms with Crippen molar-refractivity contribution in [3.8, 4) is 0 Å². The number of carboxylic acids is 2. The molecule has 0 saturated heterocycles. The molecule has 0 aliphatic rings. The first-order chi connectivity index (χ1) is 12.9. The van der Waals surface area contributed by atoms with Crippen molar-refractivity contribution in [2.24, 2.45) is 0 Å². The Hall–Kier alpha value is -1.94. The first kappa shape index (κ1) is 33.6. The van der Waals surface area contributed by atoms with Gasteiger partial charge in [0.25, 0.3) is 0 Å². The zero-order valence-corrected chi connectivity index (χ0v) is 19.9. The third-order valence-corrected chi connectivity index (χ3v) is 1.75. The summed E-state index contributed by atoms with van der Waals surface area (Å²) in [4.78, 5) is 27.1. The van der Waals surface area contributed by atoms with Gasteiger partial charge in [0.15, 0.2) is 0 Å². The van der Waals surface area contributed by atoms with Gasteiger partial charge in [0, 0.05) is 36.8 Å². The van der Waals surface area contributed by atoms with Gasteiger partial charge in [-0.05, 0) is 43.5 Å². The van der Waals surface area contributed by atoms with Gasteiger partial charge in [-0.15, -0.1) is 0 Å². The quantitative estimate of drug-likeness (QED) is 0.592. The molecule has 6 nitrogen and oxygen atoms in total. The fourth-order valence-corrected chi connectivity index (χ4v) is 0.967. The van der Waals surface area contributed by atoms with E-state index in [9.17, 15) is 19.8 Å². The zero-order valence-electron chi connectivity index (χ0n) is 17.3. The first-order valence-electron chi connectivity index (χ1n) is 8.32. The molecular formula is C21H29N2O4Sb-2. The van der Waals surface area contributed by atoms with Gasteiger partial charge in [0.05, 0.1) is 23.3 Å². The van der Waals surface area contributed by atoms with Crippen molar-refractivity contribution in [1.82, 2.24) is 9.97 Å². The second kappa shape index (κ2) is 27.3. The van der Waals surface area contributed by atoms with Crippen molar-refractivity contribution in [3.05, 3.63) is 79.4 Å². The number of aromatic nitrogens is 2. The number of carbonyl (C=O) groups is 2. The predicted octanol–water partition coefficient (Wildman–Crippen LogP) is 2.20. The van der Waals surface area contributed by atoms with Gasteiger partial charge < -0.3 is 19.8 Å². The maximum Gasteiger partial charge on any atom is 0.0899 e. The molecule has 0 amide bonds. The van der Waals surface area contributed by atoms with Gasteiger partial charge in [-0.3, -0.25) is 9.97 Å². The van der Waals surface area contributed by atoms with Crippen molar-refractivity contribution in [3.63, 3.8) is 0 Å². The minimum absolute atomic E-state index is 0. The molecule has 0 aromatic carbocycles. The molecule has 0 unspecified atom stereocenters. The molecule has 0 bridgehead atoms. The molecule has 0 spiro atoms. The molecule has 2 heterocycles. The number of rotatable bonds is 2. The second-order valence-electron chi connectivity index (χ2n) is 4.74. The molecule has 0 aliphatic heterocycles. The number of hydrogen-bond donors (Lipinski definition) is 0. The number of nitrogens with zero attached hydrogens (tertiary/aromatic N) is 2. The largest absolute Gasteiger partial charge is 0.543 e. The van der Waals surface area contributed by atoms with Gasteiger partial charge in [-0.25, -0.2) is 0 Å². The van der Waals surface area contributed by atoms with Crippen molar-refractivity contribution in [1.29, 1.82) is 0 Å². The SMILES string of the molecule is C[CH]C.C[CH]C.C[CH]C.O=C([O-])c1ccccn1.O=C([O-])c1ccccn1.[Sb]. The molecule has 2 rings (SSSR count). The Morgan fingerprint density at radius 3 is 1.04 bits per heavy atom. The van der Waals surface area contributed by atoms with Gasteiger partial charge in [-0.1, -0.05) is 53.7 Å². The maximum absolute atomic E-state index is 10.0. The Labute approximate surface area is 186 Å². The Morgan fingerprint density at radius 2 is 0.929 bits per heavy atom. The van der Waals surface area contributed by atoms with Crippen molar-refractivity contribution in [2.45, 2.75) is 41.5 Å². The second-order valence-corrected chi connectivity index (χ2v) is 4.74. The molecule has 0 fully saturated rings. The van der Waals surface area contributed by atoms with Crippen LogP contribution in [0.2, 0.25) is 0 Å². The molecule has 0 aliphatic carbocycles. The number of hydrogen-bond acceptors (Lipinski definition) is 6.